The maximum Gasteiger partial charge on any atom is 0.244 e. The largest absolute Gasteiger partial charge is 0.350 e. The molecule has 1 atom stereocenters. The van der Waals surface area contributed by atoms with Gasteiger partial charge in [0.05, 0.1) is 11.9 Å². The van der Waals surface area contributed by atoms with Gasteiger partial charge in [-0.15, -0.1) is 0 Å². The lowest BCUT2D eigenvalue weighted by Gasteiger charge is -2.30. The van der Waals surface area contributed by atoms with Crippen molar-refractivity contribution in [2.24, 2.45) is 0 Å². The Balaban J connectivity index is 2.25. The monoisotopic (exact) mass is 394 g/mol. The molecule has 0 radical (unpaired) electrons. The highest BCUT2D eigenvalue weighted by molar-refractivity contribution is 7.92. The van der Waals surface area contributed by atoms with E-state index in [9.17, 15) is 13.2 Å². The van der Waals surface area contributed by atoms with Crippen LogP contribution in [0.4, 0.5) is 5.69 Å². The molecule has 0 spiro atoms. The van der Waals surface area contributed by atoms with Gasteiger partial charge >= 0.3 is 0 Å². The van der Waals surface area contributed by atoms with Crippen molar-refractivity contribution < 1.29 is 13.2 Å². The number of nitrogens with one attached hydrogen (secondary N) is 1. The summed E-state index contributed by atoms with van der Waals surface area (Å²) in [6.07, 6.45) is 1.42. The number of anilines is 1. The second kappa shape index (κ2) is 8.56. The number of benzene rings is 2. The van der Waals surface area contributed by atoms with E-state index in [1.807, 2.05) is 31.2 Å². The Labute approximate surface area is 160 Å². The Morgan fingerprint density at radius 2 is 1.88 bits per heavy atom. The number of hydrogen-bond acceptors (Lipinski definition) is 3. The molecule has 140 valence electrons. The summed E-state index contributed by atoms with van der Waals surface area (Å²) in [6, 6.07) is 13.4. The van der Waals surface area contributed by atoms with E-state index in [-0.39, 0.29) is 5.91 Å². The highest BCUT2D eigenvalue weighted by Crippen LogP contribution is 2.25. The molecule has 1 N–H and O–H groups in total. The van der Waals surface area contributed by atoms with Crippen LogP contribution in [0.25, 0.3) is 0 Å². The molecule has 2 rings (SSSR count). The predicted octanol–water partition coefficient (Wildman–Crippen LogP) is 3.51. The fourth-order valence-corrected chi connectivity index (χ4v) is 4.19. The molecule has 0 aliphatic heterocycles. The minimum Gasteiger partial charge on any atom is -0.350 e. The summed E-state index contributed by atoms with van der Waals surface area (Å²) < 4.78 is 25.9. The van der Waals surface area contributed by atoms with E-state index in [0.29, 0.717) is 23.7 Å². The van der Waals surface area contributed by atoms with Gasteiger partial charge < -0.3 is 5.32 Å². The Morgan fingerprint density at radius 3 is 2.46 bits per heavy atom. The van der Waals surface area contributed by atoms with Crippen molar-refractivity contribution in [3.05, 3.63) is 64.7 Å². The van der Waals surface area contributed by atoms with Crippen molar-refractivity contribution in [3.8, 4) is 0 Å². The summed E-state index contributed by atoms with van der Waals surface area (Å²) in [5, 5.41) is 3.24. The third-order valence-corrected chi connectivity index (χ3v) is 5.36. The predicted molar refractivity (Wildman–Crippen MR) is 106 cm³/mol. The summed E-state index contributed by atoms with van der Waals surface area (Å²) in [5.41, 5.74) is 2.43. The molecule has 7 heteroatoms. The van der Waals surface area contributed by atoms with Gasteiger partial charge in [-0.25, -0.2) is 8.42 Å². The van der Waals surface area contributed by atoms with Crippen molar-refractivity contribution in [2.45, 2.75) is 32.9 Å². The molecule has 5 nitrogen and oxygen atoms in total. The maximum absolute atomic E-state index is 12.7. The fraction of sp³-hybridized carbons (Fsp3) is 0.316. The zero-order valence-electron chi connectivity index (χ0n) is 15.1. The number of sulfonamides is 1. The first-order valence-corrected chi connectivity index (χ1v) is 10.5. The molecule has 0 aromatic heterocycles. The number of nitrogens with zero attached hydrogens (tertiary/aromatic N) is 1. The minimum absolute atomic E-state index is 0.333. The van der Waals surface area contributed by atoms with Crippen LogP contribution >= 0.6 is 11.6 Å². The highest BCUT2D eigenvalue weighted by atomic mass is 35.5. The third kappa shape index (κ3) is 5.22. The van der Waals surface area contributed by atoms with Crippen LogP contribution in [0, 0.1) is 6.92 Å². The molecule has 0 unspecified atom stereocenters. The summed E-state index contributed by atoms with van der Waals surface area (Å²) in [7, 11) is -3.67. The number of hydrogen-bond donors (Lipinski definition) is 1. The van der Waals surface area contributed by atoms with Crippen molar-refractivity contribution in [2.75, 3.05) is 10.6 Å². The van der Waals surface area contributed by atoms with Crippen LogP contribution in [0.15, 0.2) is 48.5 Å². The van der Waals surface area contributed by atoms with Gasteiger partial charge in [-0.1, -0.05) is 54.4 Å². The van der Waals surface area contributed by atoms with E-state index >= 15 is 0 Å². The first-order valence-electron chi connectivity index (χ1n) is 8.30. The molecule has 26 heavy (non-hydrogen) atoms. The van der Waals surface area contributed by atoms with Gasteiger partial charge in [-0.3, -0.25) is 9.10 Å². The lowest BCUT2D eigenvalue weighted by Crippen LogP contribution is -2.49. The van der Waals surface area contributed by atoms with Crippen LogP contribution in [0.2, 0.25) is 5.02 Å². The molecular weight excluding hydrogens is 372 g/mol. The molecule has 0 aliphatic rings. The Morgan fingerprint density at radius 1 is 1.19 bits per heavy atom. The number of carbonyl (C=O) groups is 1. The van der Waals surface area contributed by atoms with Gasteiger partial charge in [-0.2, -0.15) is 0 Å². The fourth-order valence-electron chi connectivity index (χ4n) is 2.80. The van der Waals surface area contributed by atoms with E-state index < -0.39 is 16.1 Å². The molecule has 2 aromatic rings. The average molecular weight is 395 g/mol. The lowest BCUT2D eigenvalue weighted by atomic mass is 10.1. The van der Waals surface area contributed by atoms with E-state index in [2.05, 4.69) is 5.32 Å². The molecule has 2 aromatic carbocycles. The van der Waals surface area contributed by atoms with Crippen molar-refractivity contribution in [3.63, 3.8) is 0 Å². The first-order chi connectivity index (χ1) is 12.2. The molecule has 0 fully saturated rings. The minimum atomic E-state index is -3.67. The third-order valence-electron chi connectivity index (χ3n) is 3.94. The van der Waals surface area contributed by atoms with E-state index in [1.165, 1.54) is 0 Å². The second-order valence-electron chi connectivity index (χ2n) is 6.17. The topological polar surface area (TPSA) is 66.5 Å². The van der Waals surface area contributed by atoms with E-state index in [0.717, 1.165) is 21.7 Å². The van der Waals surface area contributed by atoms with E-state index in [1.54, 1.807) is 31.2 Å². The second-order valence-corrected chi connectivity index (χ2v) is 8.47. The van der Waals surface area contributed by atoms with Crippen molar-refractivity contribution >= 4 is 33.2 Å². The maximum atomic E-state index is 12.7. The van der Waals surface area contributed by atoms with Gasteiger partial charge in [0.2, 0.25) is 15.9 Å². The SMILES string of the molecule is CC[C@@H](C(=O)NCc1cccc(C)c1)N(c1cccc(Cl)c1)S(C)(=O)=O. The number of carbonyl (C=O) groups excluding carboxylic acids is 1. The smallest absolute Gasteiger partial charge is 0.244 e. The molecule has 0 aliphatic carbocycles. The number of aryl methyl sites for hydroxylation is 1. The molecule has 1 amide bonds. The molecule has 0 saturated carbocycles. The molecule has 0 saturated heterocycles. The number of amides is 1. The van der Waals surface area contributed by atoms with Gasteiger partial charge in [-0.05, 0) is 37.1 Å². The zero-order chi connectivity index (χ0) is 19.3. The van der Waals surface area contributed by atoms with Crippen molar-refractivity contribution in [1.82, 2.24) is 5.32 Å². The summed E-state index contributed by atoms with van der Waals surface area (Å²) in [4.78, 5) is 12.7. The zero-order valence-corrected chi connectivity index (χ0v) is 16.6. The van der Waals surface area contributed by atoms with Crippen LogP contribution in [-0.2, 0) is 21.4 Å². The Hall–Kier alpha value is -2.05. The normalized spacial score (nSPS) is 12.5. The molecule has 0 heterocycles. The standard InChI is InChI=1S/C19H23ClN2O3S/c1-4-18(19(23)21-13-15-8-5-7-14(2)11-15)22(26(3,24)25)17-10-6-9-16(20)12-17/h5-12,18H,4,13H2,1-3H3,(H,21,23)/t18-/m0/s1. The summed E-state index contributed by atoms with van der Waals surface area (Å²) >= 11 is 6.00. The highest BCUT2D eigenvalue weighted by Gasteiger charge is 2.31. The van der Waals surface area contributed by atoms with Gasteiger partial charge in [0.1, 0.15) is 6.04 Å². The van der Waals surface area contributed by atoms with Gasteiger partial charge in [0.25, 0.3) is 0 Å². The summed E-state index contributed by atoms with van der Waals surface area (Å²) in [6.45, 7) is 4.09. The number of halogens is 1. The van der Waals surface area contributed by atoms with E-state index in [4.69, 9.17) is 11.6 Å². The van der Waals surface area contributed by atoms with Gasteiger partial charge in [0.15, 0.2) is 0 Å². The molecule has 0 bridgehead atoms. The molecular formula is C19H23ClN2O3S. The lowest BCUT2D eigenvalue weighted by molar-refractivity contribution is -0.122. The van der Waals surface area contributed by atoms with Crippen LogP contribution in [0.5, 0.6) is 0 Å². The van der Waals surface area contributed by atoms with Crippen LogP contribution in [0.1, 0.15) is 24.5 Å². The van der Waals surface area contributed by atoms with Crippen LogP contribution in [-0.4, -0.2) is 26.6 Å². The average Bonchev–Trinajstić information content (AvgIpc) is 2.56. The first kappa shape index (κ1) is 20.3. The van der Waals surface area contributed by atoms with Crippen LogP contribution < -0.4 is 9.62 Å². The Bertz CT molecular complexity index is 884. The summed E-state index contributed by atoms with van der Waals surface area (Å²) in [5.74, 6) is -0.348. The van der Waals surface area contributed by atoms with Crippen LogP contribution in [0.3, 0.4) is 0 Å². The quantitative estimate of drug-likeness (QED) is 0.781. The van der Waals surface area contributed by atoms with Crippen molar-refractivity contribution in [1.29, 1.82) is 0 Å². The van der Waals surface area contributed by atoms with Gasteiger partial charge in [0, 0.05) is 11.6 Å². The number of rotatable bonds is 7. The Kier molecular flexibility index (Phi) is 6.67.